The molecule has 0 aromatic heterocycles. The predicted octanol–water partition coefficient (Wildman–Crippen LogP) is 2.81. The van der Waals surface area contributed by atoms with Gasteiger partial charge in [-0.25, -0.2) is 0 Å². The van der Waals surface area contributed by atoms with E-state index in [0.29, 0.717) is 24.3 Å². The number of fused-ring (bicyclic) bond motifs is 4. The number of benzene rings is 1. The van der Waals surface area contributed by atoms with Crippen molar-refractivity contribution in [3.63, 3.8) is 0 Å². The normalized spacial score (nSPS) is 34.8. The molecule has 2 aliphatic carbocycles. The molecule has 1 saturated carbocycles. The summed E-state index contributed by atoms with van der Waals surface area (Å²) in [6.07, 6.45) is 2.59. The first-order valence-electron chi connectivity index (χ1n) is 12.2. The topological polar surface area (TPSA) is 113 Å². The molecule has 2 heterocycles. The lowest BCUT2D eigenvalue weighted by Crippen LogP contribution is -2.60. The first kappa shape index (κ1) is 25.9. The fraction of sp³-hybridized carbons (Fsp3) is 0.538. The highest BCUT2D eigenvalue weighted by Gasteiger charge is 2.76. The minimum absolute atomic E-state index is 0.102. The Bertz CT molecular complexity index is 1270. The largest absolute Gasteiger partial charge is 0.507 e. The minimum atomic E-state index is -2.01. The van der Waals surface area contributed by atoms with E-state index in [1.54, 1.807) is 6.07 Å². The van der Waals surface area contributed by atoms with Crippen molar-refractivity contribution in [1.82, 2.24) is 9.80 Å². The molecule has 1 aromatic carbocycles. The monoisotopic (exact) mass is 550 g/mol. The maximum absolute atomic E-state index is 13.6. The summed E-state index contributed by atoms with van der Waals surface area (Å²) in [6.45, 7) is 2.19. The first-order valence-corrected chi connectivity index (χ1v) is 12.9. The van der Waals surface area contributed by atoms with Gasteiger partial charge in [-0.15, -0.1) is 23.2 Å². The van der Waals surface area contributed by atoms with Gasteiger partial charge in [-0.3, -0.25) is 29.0 Å². The summed E-state index contributed by atoms with van der Waals surface area (Å²) in [5, 5.41) is 11.2. The number of aromatic hydroxyl groups is 1. The number of carbonyl (C=O) groups excluding carboxylic acids is 4. The zero-order valence-electron chi connectivity index (χ0n) is 20.9. The summed E-state index contributed by atoms with van der Waals surface area (Å²) < 4.78 is 10.8. The van der Waals surface area contributed by atoms with Crippen LogP contribution in [0.5, 0.6) is 17.2 Å². The highest BCUT2D eigenvalue weighted by Crippen LogP contribution is 2.67. The van der Waals surface area contributed by atoms with Crippen molar-refractivity contribution in [1.29, 1.82) is 0 Å². The van der Waals surface area contributed by atoms with E-state index in [0.717, 1.165) is 4.90 Å². The average Bonchev–Trinajstić information content (AvgIpc) is 3.19. The van der Waals surface area contributed by atoms with Gasteiger partial charge >= 0.3 is 0 Å². The van der Waals surface area contributed by atoms with E-state index < -0.39 is 45.2 Å². The van der Waals surface area contributed by atoms with Crippen molar-refractivity contribution >= 4 is 46.8 Å². The number of phenolic OH excluding ortho intramolecular Hbond substituents is 1. The summed E-state index contributed by atoms with van der Waals surface area (Å²) in [7, 11) is 4.14. The molecule has 4 amide bonds. The maximum Gasteiger partial charge on any atom is 0.253 e. The number of hydrogen-bond acceptors (Lipinski definition) is 7. The third kappa shape index (κ3) is 3.16. The van der Waals surface area contributed by atoms with Crippen LogP contribution < -0.4 is 9.47 Å². The number of nitrogens with zero attached hydrogens (tertiary/aromatic N) is 2. The Kier molecular flexibility index (Phi) is 6.03. The number of hydrogen-bond donors (Lipinski definition) is 1. The van der Waals surface area contributed by atoms with Crippen LogP contribution >= 0.6 is 23.2 Å². The van der Waals surface area contributed by atoms with E-state index >= 15 is 0 Å². The van der Waals surface area contributed by atoms with Crippen LogP contribution in [0.25, 0.3) is 0 Å². The molecule has 2 aliphatic heterocycles. The Morgan fingerprint density at radius 1 is 1.05 bits per heavy atom. The molecular weight excluding hydrogens is 523 g/mol. The van der Waals surface area contributed by atoms with Gasteiger partial charge in [0.1, 0.15) is 17.2 Å². The number of amides is 4. The fourth-order valence-electron chi connectivity index (χ4n) is 6.73. The lowest BCUT2D eigenvalue weighted by molar-refractivity contribution is -0.141. The van der Waals surface area contributed by atoms with Gasteiger partial charge in [0, 0.05) is 37.2 Å². The lowest BCUT2D eigenvalue weighted by Gasteiger charge is -2.51. The van der Waals surface area contributed by atoms with Crippen LogP contribution in [0.15, 0.2) is 23.8 Å². The number of carbonyl (C=O) groups is 4. The van der Waals surface area contributed by atoms with E-state index in [4.69, 9.17) is 32.7 Å². The van der Waals surface area contributed by atoms with Gasteiger partial charge in [0.05, 0.1) is 26.1 Å². The van der Waals surface area contributed by atoms with E-state index in [1.165, 1.54) is 32.2 Å². The van der Waals surface area contributed by atoms with E-state index in [1.807, 2.05) is 13.0 Å². The van der Waals surface area contributed by atoms with Gasteiger partial charge < -0.3 is 14.6 Å². The number of alkyl halides is 2. The SMILES string of the molecule is CCCN1C(=O)C2CC=C3C(CC4(Cl)C(=O)N(C)C(=O)C4(Cl)C3c3c(O)cc(OC)cc3OC)C2C1=O. The van der Waals surface area contributed by atoms with E-state index in [-0.39, 0.29) is 41.7 Å². The number of allylic oxidation sites excluding steroid dienone is 2. The summed E-state index contributed by atoms with van der Waals surface area (Å²) in [5.74, 6) is -4.84. The van der Waals surface area contributed by atoms with Crippen LogP contribution in [0.4, 0.5) is 0 Å². The van der Waals surface area contributed by atoms with Crippen molar-refractivity contribution in [3.8, 4) is 17.2 Å². The van der Waals surface area contributed by atoms with Crippen molar-refractivity contribution in [2.45, 2.75) is 41.9 Å². The third-order valence-corrected chi connectivity index (χ3v) is 9.80. The quantitative estimate of drug-likeness (QED) is 0.340. The molecule has 0 bridgehead atoms. The molecule has 198 valence electrons. The van der Waals surface area contributed by atoms with Crippen molar-refractivity contribution < 1.29 is 33.8 Å². The second kappa shape index (κ2) is 8.63. The molecule has 1 N–H and O–H groups in total. The van der Waals surface area contributed by atoms with Crippen molar-refractivity contribution in [3.05, 3.63) is 29.3 Å². The minimum Gasteiger partial charge on any atom is -0.507 e. The third-order valence-electron chi connectivity index (χ3n) is 8.39. The highest BCUT2D eigenvalue weighted by molar-refractivity contribution is 6.53. The molecule has 6 unspecified atom stereocenters. The molecule has 6 atom stereocenters. The summed E-state index contributed by atoms with van der Waals surface area (Å²) >= 11 is 14.3. The van der Waals surface area contributed by atoms with E-state index in [9.17, 15) is 24.3 Å². The Labute approximate surface area is 224 Å². The maximum atomic E-state index is 13.6. The highest BCUT2D eigenvalue weighted by atomic mass is 35.5. The van der Waals surface area contributed by atoms with Crippen LogP contribution in [-0.4, -0.2) is 76.1 Å². The van der Waals surface area contributed by atoms with Gasteiger partial charge in [0.15, 0.2) is 9.75 Å². The fourth-order valence-corrected chi connectivity index (χ4v) is 7.74. The molecule has 2 saturated heterocycles. The Balaban J connectivity index is 1.76. The second-order valence-corrected chi connectivity index (χ2v) is 11.3. The molecule has 5 rings (SSSR count). The Morgan fingerprint density at radius 3 is 2.38 bits per heavy atom. The van der Waals surface area contributed by atoms with Crippen LogP contribution in [0, 0.1) is 17.8 Å². The van der Waals surface area contributed by atoms with Crippen LogP contribution in [0.2, 0.25) is 0 Å². The van der Waals surface area contributed by atoms with Crippen molar-refractivity contribution in [2.75, 3.05) is 27.8 Å². The molecule has 1 aromatic rings. The summed E-state index contributed by atoms with van der Waals surface area (Å²) in [5.41, 5.74) is 0.749. The number of rotatable bonds is 5. The van der Waals surface area contributed by atoms with Crippen LogP contribution in [0.3, 0.4) is 0 Å². The molecule has 4 aliphatic rings. The van der Waals surface area contributed by atoms with Gasteiger partial charge in [-0.1, -0.05) is 18.6 Å². The average molecular weight is 551 g/mol. The van der Waals surface area contributed by atoms with Crippen molar-refractivity contribution in [2.24, 2.45) is 17.8 Å². The standard InChI is InChI=1S/C26H28Cl2N2O7/c1-5-8-30-21(32)14-7-6-13-15(18(14)22(30)33)11-25(27)23(34)29(2)24(35)26(25,28)20(13)19-16(31)9-12(36-3)10-17(19)37-4/h6,9-10,14-15,18,20,31H,5,7-8,11H2,1-4H3. The molecule has 9 nitrogen and oxygen atoms in total. The predicted molar refractivity (Wildman–Crippen MR) is 134 cm³/mol. The summed E-state index contributed by atoms with van der Waals surface area (Å²) in [6, 6.07) is 2.90. The molecule has 37 heavy (non-hydrogen) atoms. The number of likely N-dealkylation sites (tertiary alicyclic amines) is 2. The van der Waals surface area contributed by atoms with Gasteiger partial charge in [0.25, 0.3) is 11.8 Å². The molecular formula is C26H28Cl2N2O7. The zero-order valence-corrected chi connectivity index (χ0v) is 22.4. The number of imide groups is 2. The van der Waals surface area contributed by atoms with Crippen LogP contribution in [0.1, 0.15) is 37.7 Å². The second-order valence-electron chi connectivity index (χ2n) is 10.1. The van der Waals surface area contributed by atoms with Gasteiger partial charge in [0.2, 0.25) is 11.8 Å². The molecule has 0 spiro atoms. The molecule has 0 radical (unpaired) electrons. The number of phenols is 1. The smallest absolute Gasteiger partial charge is 0.253 e. The number of ether oxygens (including phenoxy) is 2. The Hall–Kier alpha value is -2.78. The number of methoxy groups -OCH3 is 2. The zero-order chi connectivity index (χ0) is 27.0. The van der Waals surface area contributed by atoms with Gasteiger partial charge in [-0.05, 0) is 25.2 Å². The molecule has 11 heteroatoms. The van der Waals surface area contributed by atoms with E-state index in [2.05, 4.69) is 0 Å². The number of halogens is 2. The Morgan fingerprint density at radius 2 is 1.76 bits per heavy atom. The summed E-state index contributed by atoms with van der Waals surface area (Å²) in [4.78, 5) is 52.0. The molecule has 3 fully saturated rings. The lowest BCUT2D eigenvalue weighted by atomic mass is 9.56. The van der Waals surface area contributed by atoms with Gasteiger partial charge in [-0.2, -0.15) is 0 Å². The van der Waals surface area contributed by atoms with Crippen LogP contribution in [-0.2, 0) is 19.2 Å². The first-order chi connectivity index (χ1) is 17.5.